The molecule has 1 N–H and O–H groups in total. The third kappa shape index (κ3) is 3.42. The minimum Gasteiger partial charge on any atom is -0.480 e. The van der Waals surface area contributed by atoms with Gasteiger partial charge in [0.25, 0.3) is 0 Å². The summed E-state index contributed by atoms with van der Waals surface area (Å²) < 4.78 is 5.34. The molecule has 0 amide bonds. The maximum Gasteiger partial charge on any atom is 0.231 e. The van der Waals surface area contributed by atoms with E-state index in [1.807, 2.05) is 19.0 Å². The van der Waals surface area contributed by atoms with Crippen LogP contribution in [0.4, 0.5) is 10.8 Å². The predicted octanol–water partition coefficient (Wildman–Crippen LogP) is 3.45. The van der Waals surface area contributed by atoms with E-state index in [0.29, 0.717) is 5.88 Å². The van der Waals surface area contributed by atoms with Gasteiger partial charge in [0.15, 0.2) is 5.13 Å². The molecule has 0 aliphatic carbocycles. The molecule has 0 unspecified atom stereocenters. The van der Waals surface area contributed by atoms with Crippen molar-refractivity contribution in [2.24, 2.45) is 0 Å². The lowest BCUT2D eigenvalue weighted by molar-refractivity contribution is 0.397. The number of hydrogen-bond acceptors (Lipinski definition) is 5. The van der Waals surface area contributed by atoms with Gasteiger partial charge in [-0.15, -0.1) is 0 Å². The van der Waals surface area contributed by atoms with Gasteiger partial charge in [0.1, 0.15) is 0 Å². The zero-order valence-electron chi connectivity index (χ0n) is 12.7. The lowest BCUT2D eigenvalue weighted by Crippen LogP contribution is -2.07. The molecule has 0 bridgehead atoms. The normalized spacial score (nSPS) is 10.4. The van der Waals surface area contributed by atoms with Gasteiger partial charge in [-0.05, 0) is 37.1 Å². The van der Waals surface area contributed by atoms with Crippen LogP contribution in [-0.2, 0) is 6.54 Å². The Morgan fingerprint density at radius 3 is 2.40 bits per heavy atom. The number of methoxy groups -OCH3 is 1. The van der Waals surface area contributed by atoms with Crippen molar-refractivity contribution in [1.29, 1.82) is 0 Å². The summed E-state index contributed by atoms with van der Waals surface area (Å²) in [7, 11) is 5.63. The largest absolute Gasteiger partial charge is 0.480 e. The molecule has 1 aromatic heterocycles. The summed E-state index contributed by atoms with van der Waals surface area (Å²) in [6, 6.07) is 6.46. The summed E-state index contributed by atoms with van der Waals surface area (Å²) in [6.45, 7) is 4.93. The summed E-state index contributed by atoms with van der Waals surface area (Å²) >= 11 is 1.65. The lowest BCUT2D eigenvalue weighted by Gasteiger charge is -2.08. The van der Waals surface area contributed by atoms with Crippen LogP contribution in [0.2, 0.25) is 0 Å². The molecule has 0 fully saturated rings. The minimum absolute atomic E-state index is 0.704. The van der Waals surface area contributed by atoms with E-state index in [2.05, 4.69) is 42.3 Å². The average molecular weight is 291 g/mol. The van der Waals surface area contributed by atoms with E-state index in [1.54, 1.807) is 18.4 Å². The van der Waals surface area contributed by atoms with Crippen molar-refractivity contribution >= 4 is 22.2 Å². The Labute approximate surface area is 124 Å². The van der Waals surface area contributed by atoms with Gasteiger partial charge in [0.05, 0.1) is 18.5 Å². The highest BCUT2D eigenvalue weighted by molar-refractivity contribution is 7.15. The van der Waals surface area contributed by atoms with Crippen molar-refractivity contribution in [1.82, 2.24) is 4.98 Å². The lowest BCUT2D eigenvalue weighted by atomic mass is 10.1. The molecule has 1 aromatic carbocycles. The van der Waals surface area contributed by atoms with Crippen LogP contribution in [0.3, 0.4) is 0 Å². The minimum atomic E-state index is 0.704. The zero-order chi connectivity index (χ0) is 14.7. The number of aromatic nitrogens is 1. The van der Waals surface area contributed by atoms with Crippen molar-refractivity contribution in [3.8, 4) is 5.88 Å². The Hall–Kier alpha value is -1.75. The van der Waals surface area contributed by atoms with Gasteiger partial charge < -0.3 is 15.0 Å². The number of nitrogens with zero attached hydrogens (tertiary/aromatic N) is 2. The molecular weight excluding hydrogens is 270 g/mol. The Balaban J connectivity index is 2.13. The Morgan fingerprint density at radius 2 is 1.85 bits per heavy atom. The standard InChI is InChI=1S/C15H21N3OS/c1-10-6-11(2)8-12(7-10)16-9-13-14(19-5)17-15(20-13)18(3)4/h6-8,16H,9H2,1-5H3. The highest BCUT2D eigenvalue weighted by Gasteiger charge is 2.12. The van der Waals surface area contributed by atoms with Crippen LogP contribution in [0.15, 0.2) is 18.2 Å². The van der Waals surface area contributed by atoms with Crippen molar-refractivity contribution in [3.05, 3.63) is 34.2 Å². The second kappa shape index (κ2) is 6.13. The smallest absolute Gasteiger partial charge is 0.231 e. The Kier molecular flexibility index (Phi) is 4.49. The van der Waals surface area contributed by atoms with Crippen LogP contribution < -0.4 is 15.0 Å². The van der Waals surface area contributed by atoms with Crippen LogP contribution in [0.25, 0.3) is 0 Å². The second-order valence-electron chi connectivity index (χ2n) is 5.05. The molecule has 108 valence electrons. The van der Waals surface area contributed by atoms with E-state index >= 15 is 0 Å². The van der Waals surface area contributed by atoms with Gasteiger partial charge in [-0.2, -0.15) is 4.98 Å². The van der Waals surface area contributed by atoms with Crippen LogP contribution in [0, 0.1) is 13.8 Å². The maximum absolute atomic E-state index is 5.34. The van der Waals surface area contributed by atoms with Crippen LogP contribution in [0.1, 0.15) is 16.0 Å². The number of anilines is 2. The third-order valence-corrected chi connectivity index (χ3v) is 4.11. The molecule has 20 heavy (non-hydrogen) atoms. The fourth-order valence-corrected chi connectivity index (χ4v) is 2.94. The van der Waals surface area contributed by atoms with Crippen molar-refractivity contribution in [2.45, 2.75) is 20.4 Å². The van der Waals surface area contributed by atoms with E-state index in [4.69, 9.17) is 4.74 Å². The van der Waals surface area contributed by atoms with Gasteiger partial charge in [-0.25, -0.2) is 0 Å². The summed E-state index contributed by atoms with van der Waals surface area (Å²) in [5, 5.41) is 4.40. The van der Waals surface area contributed by atoms with E-state index in [-0.39, 0.29) is 0 Å². The first-order valence-corrected chi connectivity index (χ1v) is 7.34. The van der Waals surface area contributed by atoms with Gasteiger partial charge in [0.2, 0.25) is 5.88 Å². The van der Waals surface area contributed by atoms with Crippen molar-refractivity contribution in [2.75, 3.05) is 31.4 Å². The molecule has 0 spiro atoms. The van der Waals surface area contributed by atoms with Gasteiger partial charge in [-0.3, -0.25) is 0 Å². The predicted molar refractivity (Wildman–Crippen MR) is 86.2 cm³/mol. The topological polar surface area (TPSA) is 37.4 Å². The molecule has 0 atom stereocenters. The Bertz CT molecular complexity index is 573. The molecular formula is C15H21N3OS. The summed E-state index contributed by atoms with van der Waals surface area (Å²) in [5.74, 6) is 0.704. The molecule has 0 radical (unpaired) electrons. The first-order valence-electron chi connectivity index (χ1n) is 6.53. The summed E-state index contributed by atoms with van der Waals surface area (Å²) in [6.07, 6.45) is 0. The van der Waals surface area contributed by atoms with Crippen LogP contribution in [0.5, 0.6) is 5.88 Å². The SMILES string of the molecule is COc1nc(N(C)C)sc1CNc1cc(C)cc(C)c1. The van der Waals surface area contributed by atoms with Crippen LogP contribution >= 0.6 is 11.3 Å². The van der Waals surface area contributed by atoms with Gasteiger partial charge >= 0.3 is 0 Å². The summed E-state index contributed by atoms with van der Waals surface area (Å²) in [5.41, 5.74) is 3.65. The first kappa shape index (κ1) is 14.7. The van der Waals surface area contributed by atoms with Crippen LogP contribution in [-0.4, -0.2) is 26.2 Å². The molecule has 0 saturated heterocycles. The number of nitrogens with one attached hydrogen (secondary N) is 1. The van der Waals surface area contributed by atoms with E-state index in [0.717, 1.165) is 22.2 Å². The molecule has 5 heteroatoms. The van der Waals surface area contributed by atoms with Gasteiger partial charge in [0, 0.05) is 19.8 Å². The van der Waals surface area contributed by atoms with Crippen molar-refractivity contribution in [3.63, 3.8) is 0 Å². The highest BCUT2D eigenvalue weighted by Crippen LogP contribution is 2.31. The van der Waals surface area contributed by atoms with Crippen molar-refractivity contribution < 1.29 is 4.74 Å². The molecule has 1 heterocycles. The number of benzene rings is 1. The number of rotatable bonds is 5. The second-order valence-corrected chi connectivity index (χ2v) is 6.12. The fourth-order valence-electron chi connectivity index (χ4n) is 2.05. The monoisotopic (exact) mass is 291 g/mol. The highest BCUT2D eigenvalue weighted by atomic mass is 32.1. The average Bonchev–Trinajstić information content (AvgIpc) is 2.78. The van der Waals surface area contributed by atoms with E-state index < -0.39 is 0 Å². The first-order chi connectivity index (χ1) is 9.49. The maximum atomic E-state index is 5.34. The molecule has 0 saturated carbocycles. The number of aryl methyl sites for hydroxylation is 2. The molecule has 2 rings (SSSR count). The number of hydrogen-bond donors (Lipinski definition) is 1. The zero-order valence-corrected chi connectivity index (χ0v) is 13.5. The number of thiazole rings is 1. The summed E-state index contributed by atoms with van der Waals surface area (Å²) in [4.78, 5) is 7.56. The molecule has 4 nitrogen and oxygen atoms in total. The van der Waals surface area contributed by atoms with Gasteiger partial charge in [-0.1, -0.05) is 17.4 Å². The molecule has 0 aliphatic rings. The fraction of sp³-hybridized carbons (Fsp3) is 0.400. The quantitative estimate of drug-likeness (QED) is 0.915. The molecule has 0 aliphatic heterocycles. The van der Waals surface area contributed by atoms with E-state index in [9.17, 15) is 0 Å². The molecule has 2 aromatic rings. The van der Waals surface area contributed by atoms with E-state index in [1.165, 1.54) is 11.1 Å². The Morgan fingerprint density at radius 1 is 1.20 bits per heavy atom. The third-order valence-electron chi connectivity index (χ3n) is 2.90. The number of ether oxygens (including phenoxy) is 1.